The van der Waals surface area contributed by atoms with E-state index in [9.17, 15) is 4.79 Å². The summed E-state index contributed by atoms with van der Waals surface area (Å²) in [4.78, 5) is 14.2. The maximum Gasteiger partial charge on any atom is 0.127 e. The number of carbonyl (C=O) groups excluding carboxylic acids is 1. The number of aldehydes is 1. The molecule has 0 heterocycles. The zero-order chi connectivity index (χ0) is 13.6. The molecule has 2 saturated carbocycles. The summed E-state index contributed by atoms with van der Waals surface area (Å²) in [6.45, 7) is 2.15. The van der Waals surface area contributed by atoms with Crippen molar-refractivity contribution in [3.05, 3.63) is 0 Å². The Morgan fingerprint density at radius 2 is 1.79 bits per heavy atom. The molecule has 0 bridgehead atoms. The Bertz CT molecular complexity index is 268. The lowest BCUT2D eigenvalue weighted by Gasteiger charge is -2.42. The van der Waals surface area contributed by atoms with Crippen LogP contribution in [0.15, 0.2) is 0 Å². The van der Waals surface area contributed by atoms with Crippen LogP contribution in [0, 0.1) is 5.41 Å². The van der Waals surface area contributed by atoms with Crippen molar-refractivity contribution in [1.29, 1.82) is 0 Å². The molecule has 3 heteroatoms. The molecule has 0 saturated heterocycles. The van der Waals surface area contributed by atoms with E-state index in [0.29, 0.717) is 6.04 Å². The summed E-state index contributed by atoms with van der Waals surface area (Å²) in [5.74, 6) is 0. The van der Waals surface area contributed by atoms with Crippen molar-refractivity contribution < 1.29 is 9.90 Å². The maximum atomic E-state index is 11.7. The summed E-state index contributed by atoms with van der Waals surface area (Å²) in [5, 5.41) is 9.06. The van der Waals surface area contributed by atoms with Gasteiger partial charge in [-0.25, -0.2) is 0 Å². The van der Waals surface area contributed by atoms with Crippen molar-refractivity contribution in [2.45, 2.75) is 70.3 Å². The zero-order valence-electron chi connectivity index (χ0n) is 12.1. The minimum atomic E-state index is -0.0957. The molecule has 0 aliphatic heterocycles. The zero-order valence-corrected chi connectivity index (χ0v) is 12.1. The molecule has 0 unspecified atom stereocenters. The first-order chi connectivity index (χ1) is 9.29. The van der Waals surface area contributed by atoms with Gasteiger partial charge in [0.25, 0.3) is 0 Å². The van der Waals surface area contributed by atoms with Crippen molar-refractivity contribution in [1.82, 2.24) is 4.90 Å². The van der Waals surface area contributed by atoms with E-state index in [2.05, 4.69) is 4.90 Å². The molecule has 2 fully saturated rings. The highest BCUT2D eigenvalue weighted by atomic mass is 16.3. The minimum Gasteiger partial charge on any atom is -0.396 e. The molecule has 110 valence electrons. The lowest BCUT2D eigenvalue weighted by molar-refractivity contribution is -0.118. The third-order valence-corrected chi connectivity index (χ3v) is 5.06. The number of hydrogen-bond acceptors (Lipinski definition) is 3. The average Bonchev–Trinajstić information content (AvgIpc) is 2.60. The Morgan fingerprint density at radius 3 is 2.26 bits per heavy atom. The summed E-state index contributed by atoms with van der Waals surface area (Å²) in [7, 11) is 0. The third kappa shape index (κ3) is 4.03. The molecule has 19 heavy (non-hydrogen) atoms. The number of aliphatic hydroxyl groups is 1. The Balaban J connectivity index is 1.97. The van der Waals surface area contributed by atoms with Crippen LogP contribution in [0.1, 0.15) is 64.2 Å². The molecule has 0 radical (unpaired) electrons. The van der Waals surface area contributed by atoms with Crippen molar-refractivity contribution in [2.24, 2.45) is 5.41 Å². The fourth-order valence-corrected chi connectivity index (χ4v) is 3.57. The van der Waals surface area contributed by atoms with Crippen LogP contribution in [0.5, 0.6) is 0 Å². The number of rotatable bonds is 7. The van der Waals surface area contributed by atoms with Crippen LogP contribution in [0.4, 0.5) is 0 Å². The highest BCUT2D eigenvalue weighted by Crippen LogP contribution is 2.36. The van der Waals surface area contributed by atoms with Gasteiger partial charge in [-0.1, -0.05) is 32.1 Å². The van der Waals surface area contributed by atoms with E-state index in [0.717, 1.165) is 32.4 Å². The Kier molecular flexibility index (Phi) is 5.83. The van der Waals surface area contributed by atoms with Crippen LogP contribution >= 0.6 is 0 Å². The fraction of sp³-hybridized carbons (Fsp3) is 0.938. The van der Waals surface area contributed by atoms with E-state index in [1.54, 1.807) is 0 Å². The molecular weight excluding hydrogens is 238 g/mol. The second-order valence-electron chi connectivity index (χ2n) is 6.53. The molecule has 0 amide bonds. The topological polar surface area (TPSA) is 40.5 Å². The summed E-state index contributed by atoms with van der Waals surface area (Å²) < 4.78 is 0. The van der Waals surface area contributed by atoms with Crippen LogP contribution in [0.25, 0.3) is 0 Å². The SMILES string of the molecule is O=CC1(CN(CCCO)C2CCC2)CCCCCC1. The third-order valence-electron chi connectivity index (χ3n) is 5.06. The molecule has 0 aromatic rings. The van der Waals surface area contributed by atoms with Gasteiger partial charge in [-0.3, -0.25) is 4.90 Å². The van der Waals surface area contributed by atoms with E-state index in [4.69, 9.17) is 5.11 Å². The molecule has 0 aromatic heterocycles. The van der Waals surface area contributed by atoms with Gasteiger partial charge in [-0.15, -0.1) is 0 Å². The van der Waals surface area contributed by atoms with Crippen molar-refractivity contribution >= 4 is 6.29 Å². The smallest absolute Gasteiger partial charge is 0.127 e. The second-order valence-corrected chi connectivity index (χ2v) is 6.53. The van der Waals surface area contributed by atoms with Gasteiger partial charge in [0, 0.05) is 31.2 Å². The summed E-state index contributed by atoms with van der Waals surface area (Å²) in [5.41, 5.74) is -0.0957. The first-order valence-electron chi connectivity index (χ1n) is 8.11. The number of carbonyl (C=O) groups is 1. The van der Waals surface area contributed by atoms with E-state index in [1.165, 1.54) is 51.2 Å². The lowest BCUT2D eigenvalue weighted by atomic mass is 9.79. The average molecular weight is 267 g/mol. The van der Waals surface area contributed by atoms with Gasteiger partial charge < -0.3 is 9.90 Å². The Hall–Kier alpha value is -0.410. The van der Waals surface area contributed by atoms with Gasteiger partial charge in [0.2, 0.25) is 0 Å². The van der Waals surface area contributed by atoms with Gasteiger partial charge in [0.1, 0.15) is 6.29 Å². The first-order valence-corrected chi connectivity index (χ1v) is 8.11. The second kappa shape index (κ2) is 7.39. The van der Waals surface area contributed by atoms with E-state index in [-0.39, 0.29) is 12.0 Å². The summed E-state index contributed by atoms with van der Waals surface area (Å²) in [6.07, 6.45) is 13.1. The van der Waals surface area contributed by atoms with Gasteiger partial charge >= 0.3 is 0 Å². The largest absolute Gasteiger partial charge is 0.396 e. The Morgan fingerprint density at radius 1 is 1.11 bits per heavy atom. The lowest BCUT2D eigenvalue weighted by Crippen LogP contribution is -2.47. The standard InChI is InChI=1S/C16H29NO2/c18-12-6-11-17(15-7-5-8-15)13-16(14-19)9-3-1-2-4-10-16/h14-15,18H,1-13H2. The quantitative estimate of drug-likeness (QED) is 0.569. The molecule has 3 nitrogen and oxygen atoms in total. The molecule has 2 aliphatic rings. The van der Waals surface area contributed by atoms with E-state index < -0.39 is 0 Å². The fourth-order valence-electron chi connectivity index (χ4n) is 3.57. The van der Waals surface area contributed by atoms with Gasteiger partial charge in [-0.2, -0.15) is 0 Å². The van der Waals surface area contributed by atoms with Crippen molar-refractivity contribution in [3.63, 3.8) is 0 Å². The molecular formula is C16H29NO2. The maximum absolute atomic E-state index is 11.7. The number of hydrogen-bond donors (Lipinski definition) is 1. The molecule has 0 spiro atoms. The van der Waals surface area contributed by atoms with Crippen molar-refractivity contribution in [2.75, 3.05) is 19.7 Å². The highest BCUT2D eigenvalue weighted by Gasteiger charge is 2.35. The van der Waals surface area contributed by atoms with Gasteiger partial charge in [0.15, 0.2) is 0 Å². The summed E-state index contributed by atoms with van der Waals surface area (Å²) in [6, 6.07) is 0.673. The monoisotopic (exact) mass is 267 g/mol. The summed E-state index contributed by atoms with van der Waals surface area (Å²) >= 11 is 0. The first kappa shape index (κ1) is 15.0. The highest BCUT2D eigenvalue weighted by molar-refractivity contribution is 5.59. The molecule has 0 atom stereocenters. The van der Waals surface area contributed by atoms with Crippen LogP contribution < -0.4 is 0 Å². The predicted molar refractivity (Wildman–Crippen MR) is 77.1 cm³/mol. The predicted octanol–water partition coefficient (Wildman–Crippen LogP) is 2.76. The Labute approximate surface area is 117 Å². The normalized spacial score (nSPS) is 23.9. The number of nitrogens with zero attached hydrogens (tertiary/aromatic N) is 1. The van der Waals surface area contributed by atoms with E-state index >= 15 is 0 Å². The van der Waals surface area contributed by atoms with Crippen LogP contribution in [0.3, 0.4) is 0 Å². The van der Waals surface area contributed by atoms with Crippen molar-refractivity contribution in [3.8, 4) is 0 Å². The molecule has 0 aromatic carbocycles. The number of aliphatic hydroxyl groups excluding tert-OH is 1. The van der Waals surface area contributed by atoms with Gasteiger partial charge in [0.05, 0.1) is 0 Å². The van der Waals surface area contributed by atoms with Crippen LogP contribution in [-0.4, -0.2) is 42.0 Å². The molecule has 2 rings (SSSR count). The minimum absolute atomic E-state index is 0.0957. The molecule has 2 aliphatic carbocycles. The van der Waals surface area contributed by atoms with Crippen LogP contribution in [-0.2, 0) is 4.79 Å². The molecule has 1 N–H and O–H groups in total. The van der Waals surface area contributed by atoms with Crippen LogP contribution in [0.2, 0.25) is 0 Å². The van der Waals surface area contributed by atoms with E-state index in [1.807, 2.05) is 0 Å². The van der Waals surface area contributed by atoms with Gasteiger partial charge in [-0.05, 0) is 32.1 Å².